The largest absolute Gasteiger partial charge is 0.358 e. The number of likely N-dealkylation sites (N-methyl/N-ethyl adjacent to an activating group) is 1. The lowest BCUT2D eigenvalue weighted by molar-refractivity contribution is 0.104. The summed E-state index contributed by atoms with van der Waals surface area (Å²) in [4.78, 5) is 17.2. The Kier molecular flexibility index (Phi) is 4.77. The van der Waals surface area contributed by atoms with Crippen LogP contribution < -0.4 is 4.90 Å². The summed E-state index contributed by atoms with van der Waals surface area (Å²) in [6.45, 7) is 3.97. The minimum absolute atomic E-state index is 0.0203. The molecule has 0 saturated carbocycles. The standard InChI is InChI=1S/C20H20N4OS/c1-23-10-12-24(13-11-23)20-18(21-22-26-20)8-9-19(25)17-7-6-15-4-2-3-5-16(15)14-17/h2-9,14H,10-13H2,1H3/b9-8+. The fourth-order valence-corrected chi connectivity index (χ4v) is 3.83. The Bertz CT molecular complexity index is 957. The van der Waals surface area contributed by atoms with Crippen molar-refractivity contribution in [1.29, 1.82) is 0 Å². The van der Waals surface area contributed by atoms with Crippen molar-refractivity contribution in [2.75, 3.05) is 38.1 Å². The number of fused-ring (bicyclic) bond motifs is 1. The molecule has 3 aromatic rings. The van der Waals surface area contributed by atoms with Crippen LogP contribution in [-0.4, -0.2) is 53.5 Å². The predicted molar refractivity (Wildman–Crippen MR) is 107 cm³/mol. The molecule has 0 radical (unpaired) electrons. The quantitative estimate of drug-likeness (QED) is 0.525. The van der Waals surface area contributed by atoms with Gasteiger partial charge in [-0.2, -0.15) is 0 Å². The maximum Gasteiger partial charge on any atom is 0.185 e. The van der Waals surface area contributed by atoms with Crippen LogP contribution in [0.5, 0.6) is 0 Å². The molecule has 2 heterocycles. The number of allylic oxidation sites excluding steroid dienone is 1. The van der Waals surface area contributed by atoms with Crippen molar-refractivity contribution >= 4 is 39.2 Å². The topological polar surface area (TPSA) is 49.3 Å². The van der Waals surface area contributed by atoms with Crippen LogP contribution in [0.2, 0.25) is 0 Å². The van der Waals surface area contributed by atoms with Gasteiger partial charge in [0.2, 0.25) is 0 Å². The molecule has 2 aromatic carbocycles. The average Bonchev–Trinajstić information content (AvgIpc) is 3.15. The van der Waals surface area contributed by atoms with Crippen LogP contribution in [0.25, 0.3) is 16.8 Å². The first kappa shape index (κ1) is 16.9. The summed E-state index contributed by atoms with van der Waals surface area (Å²) in [5.74, 6) is -0.0203. The summed E-state index contributed by atoms with van der Waals surface area (Å²) in [5.41, 5.74) is 1.46. The normalized spacial score (nSPS) is 15.8. The SMILES string of the molecule is CN1CCN(c2snnc2/C=C/C(=O)c2ccc3ccccc3c2)CC1. The Balaban J connectivity index is 1.52. The van der Waals surface area contributed by atoms with Crippen molar-refractivity contribution in [3.05, 3.63) is 59.8 Å². The van der Waals surface area contributed by atoms with Gasteiger partial charge in [0.05, 0.1) is 0 Å². The first-order chi connectivity index (χ1) is 12.7. The number of carbonyl (C=O) groups is 1. The van der Waals surface area contributed by atoms with Gasteiger partial charge in [-0.15, -0.1) is 5.10 Å². The lowest BCUT2D eigenvalue weighted by Gasteiger charge is -2.32. The number of piperazine rings is 1. The molecule has 0 bridgehead atoms. The molecule has 1 saturated heterocycles. The first-order valence-corrected chi connectivity index (χ1v) is 9.45. The smallest absolute Gasteiger partial charge is 0.185 e. The zero-order valence-electron chi connectivity index (χ0n) is 14.6. The van der Waals surface area contributed by atoms with Crippen LogP contribution in [0, 0.1) is 0 Å². The van der Waals surface area contributed by atoms with E-state index >= 15 is 0 Å². The van der Waals surface area contributed by atoms with Crippen LogP contribution in [0.4, 0.5) is 5.00 Å². The van der Waals surface area contributed by atoms with Gasteiger partial charge in [0.1, 0.15) is 10.7 Å². The van der Waals surface area contributed by atoms with Crippen LogP contribution in [0.1, 0.15) is 16.1 Å². The summed E-state index contributed by atoms with van der Waals surface area (Å²) in [6.07, 6.45) is 3.38. The molecule has 26 heavy (non-hydrogen) atoms. The zero-order valence-corrected chi connectivity index (χ0v) is 15.4. The van der Waals surface area contributed by atoms with Crippen molar-refractivity contribution in [3.8, 4) is 0 Å². The maximum atomic E-state index is 12.6. The first-order valence-electron chi connectivity index (χ1n) is 8.68. The van der Waals surface area contributed by atoms with E-state index in [1.807, 2.05) is 42.5 Å². The lowest BCUT2D eigenvalue weighted by atomic mass is 10.0. The predicted octanol–water partition coefficient (Wildman–Crippen LogP) is 3.34. The molecule has 0 spiro atoms. The summed E-state index contributed by atoms with van der Waals surface area (Å²) >= 11 is 1.39. The van der Waals surface area contributed by atoms with Crippen molar-refractivity contribution in [1.82, 2.24) is 14.5 Å². The van der Waals surface area contributed by atoms with Gasteiger partial charge in [0, 0.05) is 43.3 Å². The second kappa shape index (κ2) is 7.35. The molecule has 0 amide bonds. The van der Waals surface area contributed by atoms with Crippen molar-refractivity contribution in [2.24, 2.45) is 0 Å². The van der Waals surface area contributed by atoms with Gasteiger partial charge in [0.25, 0.3) is 0 Å². The minimum atomic E-state index is -0.0203. The molecule has 1 aliphatic heterocycles. The van der Waals surface area contributed by atoms with Gasteiger partial charge in [-0.25, -0.2) is 0 Å². The molecule has 0 aliphatic carbocycles. The Hall–Kier alpha value is -2.57. The third-order valence-corrected chi connectivity index (χ3v) is 5.52. The van der Waals surface area contributed by atoms with Gasteiger partial charge >= 0.3 is 0 Å². The second-order valence-corrected chi connectivity index (χ2v) is 7.25. The number of rotatable bonds is 4. The van der Waals surface area contributed by atoms with E-state index in [1.165, 1.54) is 11.5 Å². The number of carbonyl (C=O) groups excluding carboxylic acids is 1. The highest BCUT2D eigenvalue weighted by atomic mass is 32.1. The third kappa shape index (κ3) is 3.52. The highest BCUT2D eigenvalue weighted by Gasteiger charge is 2.19. The zero-order chi connectivity index (χ0) is 17.9. The lowest BCUT2D eigenvalue weighted by Crippen LogP contribution is -2.44. The molecule has 0 N–H and O–H groups in total. The van der Waals surface area contributed by atoms with Crippen LogP contribution in [-0.2, 0) is 0 Å². The summed E-state index contributed by atoms with van der Waals surface area (Å²) in [7, 11) is 2.13. The molecule has 1 aliphatic rings. The van der Waals surface area contributed by atoms with E-state index in [1.54, 1.807) is 12.2 Å². The van der Waals surface area contributed by atoms with E-state index in [-0.39, 0.29) is 5.78 Å². The molecule has 4 rings (SSSR count). The molecule has 0 atom stereocenters. The van der Waals surface area contributed by atoms with Crippen molar-refractivity contribution < 1.29 is 4.79 Å². The van der Waals surface area contributed by atoms with Gasteiger partial charge < -0.3 is 9.80 Å². The number of nitrogens with zero attached hydrogens (tertiary/aromatic N) is 4. The summed E-state index contributed by atoms with van der Waals surface area (Å²) < 4.78 is 4.08. The molecule has 5 nitrogen and oxygen atoms in total. The highest BCUT2D eigenvalue weighted by molar-refractivity contribution is 7.10. The fourth-order valence-electron chi connectivity index (χ4n) is 3.12. The highest BCUT2D eigenvalue weighted by Crippen LogP contribution is 2.25. The average molecular weight is 364 g/mol. The van der Waals surface area contributed by atoms with E-state index in [4.69, 9.17) is 0 Å². The van der Waals surface area contributed by atoms with E-state index in [2.05, 4.69) is 26.4 Å². The Morgan fingerprint density at radius 1 is 1.08 bits per heavy atom. The molecule has 6 heteroatoms. The summed E-state index contributed by atoms with van der Waals surface area (Å²) in [6, 6.07) is 13.8. The Morgan fingerprint density at radius 2 is 1.85 bits per heavy atom. The Labute approximate surface area is 156 Å². The number of hydrogen-bond acceptors (Lipinski definition) is 6. The number of aromatic nitrogens is 2. The van der Waals surface area contributed by atoms with E-state index in [9.17, 15) is 4.79 Å². The van der Waals surface area contributed by atoms with E-state index in [0.29, 0.717) is 5.56 Å². The monoisotopic (exact) mass is 364 g/mol. The van der Waals surface area contributed by atoms with E-state index < -0.39 is 0 Å². The van der Waals surface area contributed by atoms with Gasteiger partial charge in [-0.05, 0) is 36.0 Å². The molecular weight excluding hydrogens is 344 g/mol. The Morgan fingerprint density at radius 3 is 2.65 bits per heavy atom. The third-order valence-electron chi connectivity index (χ3n) is 4.71. The maximum absolute atomic E-state index is 12.6. The van der Waals surface area contributed by atoms with Crippen LogP contribution in [0.15, 0.2) is 48.5 Å². The fraction of sp³-hybridized carbons (Fsp3) is 0.250. The molecule has 1 aromatic heterocycles. The second-order valence-electron chi connectivity index (χ2n) is 6.51. The van der Waals surface area contributed by atoms with Crippen molar-refractivity contribution in [2.45, 2.75) is 0 Å². The number of benzene rings is 2. The van der Waals surface area contributed by atoms with Gasteiger partial charge in [0.15, 0.2) is 5.78 Å². The van der Waals surface area contributed by atoms with Crippen LogP contribution in [0.3, 0.4) is 0 Å². The van der Waals surface area contributed by atoms with Crippen LogP contribution >= 0.6 is 11.5 Å². The molecule has 132 valence electrons. The van der Waals surface area contributed by atoms with Gasteiger partial charge in [-0.1, -0.05) is 40.9 Å². The molecule has 0 unspecified atom stereocenters. The molecular formula is C20H20N4OS. The van der Waals surface area contributed by atoms with Crippen molar-refractivity contribution in [3.63, 3.8) is 0 Å². The number of ketones is 1. The number of hydrogen-bond donors (Lipinski definition) is 0. The number of anilines is 1. The van der Waals surface area contributed by atoms with E-state index in [0.717, 1.165) is 47.6 Å². The minimum Gasteiger partial charge on any atom is -0.358 e. The molecule has 1 fully saturated rings. The van der Waals surface area contributed by atoms with Gasteiger partial charge in [-0.3, -0.25) is 4.79 Å². The summed E-state index contributed by atoms with van der Waals surface area (Å²) in [5, 5.41) is 7.45.